The largest absolute Gasteiger partial charge is 0.464 e. The van der Waals surface area contributed by atoms with E-state index >= 15 is 0 Å². The maximum Gasteiger partial charge on any atom is 0.331 e. The summed E-state index contributed by atoms with van der Waals surface area (Å²) in [6, 6.07) is 7.45. The Bertz CT molecular complexity index is 424. The Morgan fingerprint density at radius 3 is 2.47 bits per heavy atom. The van der Waals surface area contributed by atoms with E-state index in [2.05, 4.69) is 5.32 Å². The molecule has 0 aliphatic heterocycles. The highest BCUT2D eigenvalue weighted by Gasteiger charge is 2.40. The van der Waals surface area contributed by atoms with Gasteiger partial charge in [-0.15, -0.1) is 0 Å². The molecule has 1 N–H and O–H groups in total. The van der Waals surface area contributed by atoms with Gasteiger partial charge in [0, 0.05) is 10.7 Å². The molecule has 0 radical (unpaired) electrons. The van der Waals surface area contributed by atoms with Gasteiger partial charge in [-0.2, -0.15) is 0 Å². The smallest absolute Gasteiger partial charge is 0.331 e. The maximum atomic E-state index is 12.3. The van der Waals surface area contributed by atoms with Crippen molar-refractivity contribution in [3.05, 3.63) is 29.3 Å². The van der Waals surface area contributed by atoms with E-state index in [0.717, 1.165) is 31.4 Å². The fourth-order valence-corrected chi connectivity index (χ4v) is 2.74. The van der Waals surface area contributed by atoms with E-state index in [1.54, 1.807) is 0 Å². The summed E-state index contributed by atoms with van der Waals surface area (Å²) in [4.78, 5) is 12.3. The third-order valence-corrected chi connectivity index (χ3v) is 3.85. The van der Waals surface area contributed by atoms with Crippen molar-refractivity contribution in [1.29, 1.82) is 0 Å². The van der Waals surface area contributed by atoms with Crippen molar-refractivity contribution in [3.8, 4) is 0 Å². The normalized spacial score (nSPS) is 17.8. The Morgan fingerprint density at radius 2 is 1.89 bits per heavy atom. The maximum absolute atomic E-state index is 12.3. The van der Waals surface area contributed by atoms with Gasteiger partial charge in [-0.3, -0.25) is 0 Å². The fraction of sp³-hybridized carbons (Fsp3) is 0.533. The van der Waals surface area contributed by atoms with Gasteiger partial charge in [0.25, 0.3) is 0 Å². The molecule has 1 aromatic rings. The number of rotatable bonds is 4. The number of ether oxygens (including phenoxy) is 1. The molecule has 0 atom stereocenters. The lowest BCUT2D eigenvalue weighted by Crippen LogP contribution is -2.49. The molecule has 0 aromatic heterocycles. The molecule has 3 nitrogen and oxygen atoms in total. The number of nitrogens with one attached hydrogen (secondary N) is 1. The lowest BCUT2D eigenvalue weighted by atomic mass is 9.81. The van der Waals surface area contributed by atoms with Crippen LogP contribution in [0.2, 0.25) is 5.02 Å². The molecule has 0 heterocycles. The molecular weight excluding hydrogens is 262 g/mol. The number of benzene rings is 1. The molecule has 1 saturated carbocycles. The van der Waals surface area contributed by atoms with Crippen LogP contribution in [0, 0.1) is 0 Å². The molecule has 1 fully saturated rings. The van der Waals surface area contributed by atoms with Crippen molar-refractivity contribution in [1.82, 2.24) is 0 Å². The van der Waals surface area contributed by atoms with Crippen LogP contribution >= 0.6 is 11.6 Å². The van der Waals surface area contributed by atoms with Crippen LogP contribution in [0.4, 0.5) is 5.69 Å². The van der Waals surface area contributed by atoms with Crippen LogP contribution in [0.1, 0.15) is 39.0 Å². The van der Waals surface area contributed by atoms with Crippen LogP contribution in [0.15, 0.2) is 24.3 Å². The molecule has 0 bridgehead atoms. The Hall–Kier alpha value is -1.22. The Kier molecular flexibility index (Phi) is 4.70. The van der Waals surface area contributed by atoms with Gasteiger partial charge in [0.15, 0.2) is 0 Å². The van der Waals surface area contributed by atoms with Gasteiger partial charge >= 0.3 is 5.97 Å². The average molecular weight is 282 g/mol. The highest BCUT2D eigenvalue weighted by atomic mass is 35.5. The highest BCUT2D eigenvalue weighted by Crippen LogP contribution is 2.33. The van der Waals surface area contributed by atoms with E-state index in [-0.39, 0.29) is 5.97 Å². The fourth-order valence-electron chi connectivity index (χ4n) is 2.61. The first-order valence-corrected chi connectivity index (χ1v) is 7.25. The second-order valence-electron chi connectivity index (χ2n) is 5.00. The van der Waals surface area contributed by atoms with Gasteiger partial charge < -0.3 is 10.1 Å². The lowest BCUT2D eigenvalue weighted by Gasteiger charge is -2.36. The first-order valence-electron chi connectivity index (χ1n) is 6.87. The zero-order chi connectivity index (χ0) is 13.7. The van der Waals surface area contributed by atoms with Crippen molar-refractivity contribution in [2.24, 2.45) is 0 Å². The van der Waals surface area contributed by atoms with Crippen LogP contribution in [0.3, 0.4) is 0 Å². The molecule has 2 rings (SSSR count). The van der Waals surface area contributed by atoms with Crippen LogP contribution in [0.5, 0.6) is 0 Å². The number of hydrogen-bond donors (Lipinski definition) is 1. The molecule has 0 unspecified atom stereocenters. The van der Waals surface area contributed by atoms with Gasteiger partial charge in [-0.1, -0.05) is 30.9 Å². The molecule has 104 valence electrons. The summed E-state index contributed by atoms with van der Waals surface area (Å²) in [6.07, 6.45) is 4.95. The summed E-state index contributed by atoms with van der Waals surface area (Å²) in [6.45, 7) is 2.26. The van der Waals surface area contributed by atoms with Gasteiger partial charge in [-0.05, 0) is 44.0 Å². The van der Waals surface area contributed by atoms with Crippen LogP contribution in [-0.4, -0.2) is 18.1 Å². The highest BCUT2D eigenvalue weighted by molar-refractivity contribution is 6.30. The number of anilines is 1. The zero-order valence-corrected chi connectivity index (χ0v) is 12.0. The molecule has 0 amide bonds. The quantitative estimate of drug-likeness (QED) is 0.847. The summed E-state index contributed by atoms with van der Waals surface area (Å²) in [5.74, 6) is -0.135. The van der Waals surface area contributed by atoms with Crippen LogP contribution in [0.25, 0.3) is 0 Å². The predicted octanol–water partition coefficient (Wildman–Crippen LogP) is 4.02. The monoisotopic (exact) mass is 281 g/mol. The van der Waals surface area contributed by atoms with E-state index in [9.17, 15) is 4.79 Å². The molecule has 4 heteroatoms. The first kappa shape index (κ1) is 14.2. The topological polar surface area (TPSA) is 38.3 Å². The van der Waals surface area contributed by atoms with Crippen molar-refractivity contribution in [2.45, 2.75) is 44.6 Å². The standard InChI is InChI=1S/C15H20ClNO2/c1-2-19-14(18)15(10-4-3-5-11-15)17-13-8-6-12(16)7-9-13/h6-9,17H,2-5,10-11H2,1H3. The van der Waals surface area contributed by atoms with E-state index in [1.165, 1.54) is 6.42 Å². The lowest BCUT2D eigenvalue weighted by molar-refractivity contribution is -0.149. The van der Waals surface area contributed by atoms with Gasteiger partial charge in [0.1, 0.15) is 5.54 Å². The molecular formula is C15H20ClNO2. The molecule has 0 saturated heterocycles. The number of esters is 1. The summed E-state index contributed by atoms with van der Waals surface area (Å²) < 4.78 is 5.25. The van der Waals surface area contributed by atoms with Crippen LogP contribution in [-0.2, 0) is 9.53 Å². The SMILES string of the molecule is CCOC(=O)C1(Nc2ccc(Cl)cc2)CCCCC1. The van der Waals surface area contributed by atoms with E-state index < -0.39 is 5.54 Å². The Morgan fingerprint density at radius 1 is 1.26 bits per heavy atom. The van der Waals surface area contributed by atoms with Crippen molar-refractivity contribution in [2.75, 3.05) is 11.9 Å². The second kappa shape index (κ2) is 6.29. The van der Waals surface area contributed by atoms with E-state index in [4.69, 9.17) is 16.3 Å². The summed E-state index contributed by atoms with van der Waals surface area (Å²) >= 11 is 5.88. The third-order valence-electron chi connectivity index (χ3n) is 3.60. The number of carbonyl (C=O) groups is 1. The minimum absolute atomic E-state index is 0.135. The Labute approximate surface area is 119 Å². The van der Waals surface area contributed by atoms with Gasteiger partial charge in [0.05, 0.1) is 6.61 Å². The van der Waals surface area contributed by atoms with Crippen molar-refractivity contribution < 1.29 is 9.53 Å². The van der Waals surface area contributed by atoms with Gasteiger partial charge in [-0.25, -0.2) is 4.79 Å². The molecule has 0 spiro atoms. The predicted molar refractivity (Wildman–Crippen MR) is 77.5 cm³/mol. The summed E-state index contributed by atoms with van der Waals surface area (Å²) in [5, 5.41) is 4.07. The minimum atomic E-state index is -0.567. The number of hydrogen-bond acceptors (Lipinski definition) is 3. The molecule has 1 aliphatic carbocycles. The molecule has 19 heavy (non-hydrogen) atoms. The summed E-state index contributed by atoms with van der Waals surface area (Å²) in [7, 11) is 0. The minimum Gasteiger partial charge on any atom is -0.464 e. The zero-order valence-electron chi connectivity index (χ0n) is 11.2. The number of carbonyl (C=O) groups excluding carboxylic acids is 1. The van der Waals surface area contributed by atoms with E-state index in [0.29, 0.717) is 11.6 Å². The second-order valence-corrected chi connectivity index (χ2v) is 5.43. The average Bonchev–Trinajstić information content (AvgIpc) is 2.43. The van der Waals surface area contributed by atoms with Gasteiger partial charge in [0.2, 0.25) is 0 Å². The first-order chi connectivity index (χ1) is 9.16. The van der Waals surface area contributed by atoms with Crippen molar-refractivity contribution >= 4 is 23.3 Å². The molecule has 1 aliphatic rings. The number of halogens is 1. The van der Waals surface area contributed by atoms with E-state index in [1.807, 2.05) is 31.2 Å². The summed E-state index contributed by atoms with van der Waals surface area (Å²) in [5.41, 5.74) is 0.349. The Balaban J connectivity index is 2.17. The molecule has 1 aromatic carbocycles. The third kappa shape index (κ3) is 3.41. The van der Waals surface area contributed by atoms with Crippen LogP contribution < -0.4 is 5.32 Å². The van der Waals surface area contributed by atoms with Crippen molar-refractivity contribution in [3.63, 3.8) is 0 Å².